The van der Waals surface area contributed by atoms with E-state index in [4.69, 9.17) is 4.74 Å². The van der Waals surface area contributed by atoms with Crippen molar-refractivity contribution < 1.29 is 9.66 Å². The van der Waals surface area contributed by atoms with Crippen molar-refractivity contribution in [1.29, 1.82) is 0 Å². The van der Waals surface area contributed by atoms with Gasteiger partial charge in [0, 0.05) is 29.3 Å². The smallest absolute Gasteiger partial charge is 0.271 e. The van der Waals surface area contributed by atoms with Crippen molar-refractivity contribution in [3.63, 3.8) is 0 Å². The predicted octanol–water partition coefficient (Wildman–Crippen LogP) is 2.59. The van der Waals surface area contributed by atoms with Gasteiger partial charge in [-0.2, -0.15) is 0 Å². The Bertz CT molecular complexity index is 979. The number of nitrogens with one attached hydrogen (secondary N) is 1. The largest absolute Gasteiger partial charge is 0.495 e. The van der Waals surface area contributed by atoms with Crippen LogP contribution in [0.4, 0.5) is 11.4 Å². The Morgan fingerprint density at radius 1 is 1.42 bits per heavy atom. The third-order valence-electron chi connectivity index (χ3n) is 3.48. The Morgan fingerprint density at radius 3 is 2.92 bits per heavy atom. The number of nitrogens with zero attached hydrogens (tertiary/aromatic N) is 3. The molecule has 8 nitrogen and oxygen atoms in total. The van der Waals surface area contributed by atoms with Gasteiger partial charge in [-0.1, -0.05) is 0 Å². The van der Waals surface area contributed by atoms with Crippen molar-refractivity contribution in [2.75, 3.05) is 12.4 Å². The molecule has 0 radical (unpaired) electrons. The molecule has 0 atom stereocenters. The minimum atomic E-state index is -0.476. The van der Waals surface area contributed by atoms with E-state index in [9.17, 15) is 14.9 Å². The van der Waals surface area contributed by atoms with E-state index in [-0.39, 0.29) is 17.8 Å². The lowest BCUT2D eigenvalue weighted by Crippen LogP contribution is -2.16. The van der Waals surface area contributed by atoms with Crippen molar-refractivity contribution in [2.45, 2.75) is 13.5 Å². The summed E-state index contributed by atoms with van der Waals surface area (Å²) in [7, 11) is 1.48. The molecule has 24 heavy (non-hydrogen) atoms. The molecule has 3 aromatic rings. The maximum atomic E-state index is 12.1. The van der Waals surface area contributed by atoms with Gasteiger partial charge in [0.25, 0.3) is 11.2 Å². The molecule has 0 aliphatic rings. The van der Waals surface area contributed by atoms with Crippen LogP contribution in [0.3, 0.4) is 0 Å². The molecule has 3 rings (SSSR count). The summed E-state index contributed by atoms with van der Waals surface area (Å²) in [5.74, 6) is 0.477. The van der Waals surface area contributed by atoms with Gasteiger partial charge in [0.2, 0.25) is 0 Å². The molecule has 0 saturated carbocycles. The van der Waals surface area contributed by atoms with Gasteiger partial charge in [0.05, 0.1) is 30.0 Å². The van der Waals surface area contributed by atoms with E-state index < -0.39 is 4.92 Å². The number of methoxy groups -OCH3 is 1. The molecule has 0 unspecified atom stereocenters. The fraction of sp³-hybridized carbons (Fsp3) is 0.200. The van der Waals surface area contributed by atoms with Crippen molar-refractivity contribution in [2.24, 2.45) is 0 Å². The van der Waals surface area contributed by atoms with E-state index in [1.165, 1.54) is 42.7 Å². The maximum absolute atomic E-state index is 12.1. The molecule has 124 valence electrons. The molecule has 2 aromatic heterocycles. The van der Waals surface area contributed by atoms with Crippen LogP contribution in [0.1, 0.15) is 11.4 Å². The number of aryl methyl sites for hydroxylation is 1. The van der Waals surface area contributed by atoms with E-state index in [1.54, 1.807) is 4.40 Å². The minimum absolute atomic E-state index is 0.0457. The number of non-ortho nitro benzene ring substituents is 1. The number of rotatable bonds is 5. The molecule has 0 spiro atoms. The molecule has 0 fully saturated rings. The van der Waals surface area contributed by atoms with Gasteiger partial charge in [0.1, 0.15) is 5.75 Å². The van der Waals surface area contributed by atoms with Gasteiger partial charge in [-0.3, -0.25) is 19.3 Å². The zero-order chi connectivity index (χ0) is 17.3. The molecule has 0 amide bonds. The van der Waals surface area contributed by atoms with Gasteiger partial charge >= 0.3 is 0 Å². The molecule has 9 heteroatoms. The number of nitro benzene ring substituents is 1. The standard InChI is InChI=1S/C15H14N4O4S/c1-9-8-24-15-17-10(5-14(20)18(9)15)7-16-12-6-11(19(21)22)3-4-13(12)23-2/h3-6,8,16H,7H2,1-2H3. The minimum Gasteiger partial charge on any atom is -0.495 e. The van der Waals surface area contributed by atoms with Crippen LogP contribution in [-0.2, 0) is 6.54 Å². The van der Waals surface area contributed by atoms with Crippen molar-refractivity contribution >= 4 is 27.7 Å². The van der Waals surface area contributed by atoms with Crippen LogP contribution in [0.25, 0.3) is 4.96 Å². The monoisotopic (exact) mass is 346 g/mol. The zero-order valence-electron chi connectivity index (χ0n) is 13.0. The quantitative estimate of drug-likeness (QED) is 0.563. The highest BCUT2D eigenvalue weighted by Crippen LogP contribution is 2.29. The van der Waals surface area contributed by atoms with Gasteiger partial charge in [-0.25, -0.2) is 4.98 Å². The number of anilines is 1. The van der Waals surface area contributed by atoms with Gasteiger partial charge in [-0.15, -0.1) is 11.3 Å². The molecule has 0 aliphatic carbocycles. The molecule has 1 N–H and O–H groups in total. The summed E-state index contributed by atoms with van der Waals surface area (Å²) >= 11 is 1.39. The molecule has 0 saturated heterocycles. The number of aromatic nitrogens is 2. The van der Waals surface area contributed by atoms with Crippen molar-refractivity contribution in [3.8, 4) is 5.75 Å². The molecule has 0 bridgehead atoms. The highest BCUT2D eigenvalue weighted by atomic mass is 32.1. The molecule has 1 aromatic carbocycles. The number of thiazole rings is 1. The third kappa shape index (κ3) is 2.93. The van der Waals surface area contributed by atoms with Crippen LogP contribution >= 0.6 is 11.3 Å². The summed E-state index contributed by atoms with van der Waals surface area (Å²) in [6, 6.07) is 5.73. The average molecular weight is 346 g/mol. The normalized spacial score (nSPS) is 10.8. The van der Waals surface area contributed by atoms with Crippen molar-refractivity contribution in [3.05, 3.63) is 61.5 Å². The van der Waals surface area contributed by atoms with Crippen LogP contribution in [0.5, 0.6) is 5.75 Å². The fourth-order valence-corrected chi connectivity index (χ4v) is 3.22. The third-order valence-corrected chi connectivity index (χ3v) is 4.43. The Labute approximate surface area is 140 Å². The molecular weight excluding hydrogens is 332 g/mol. The van der Waals surface area contributed by atoms with Gasteiger partial charge in [0.15, 0.2) is 4.96 Å². The highest BCUT2D eigenvalue weighted by Gasteiger charge is 2.12. The van der Waals surface area contributed by atoms with Crippen LogP contribution in [-0.4, -0.2) is 21.4 Å². The average Bonchev–Trinajstić information content (AvgIpc) is 2.94. The first-order valence-corrected chi connectivity index (χ1v) is 7.90. The first-order valence-electron chi connectivity index (χ1n) is 7.02. The van der Waals surface area contributed by atoms with E-state index >= 15 is 0 Å². The number of hydrogen-bond donors (Lipinski definition) is 1. The number of nitro groups is 1. The lowest BCUT2D eigenvalue weighted by molar-refractivity contribution is -0.384. The Hall–Kier alpha value is -2.94. The van der Waals surface area contributed by atoms with Gasteiger partial charge in [-0.05, 0) is 13.0 Å². The second kappa shape index (κ2) is 6.28. The van der Waals surface area contributed by atoms with E-state index in [0.29, 0.717) is 22.1 Å². The lowest BCUT2D eigenvalue weighted by Gasteiger charge is -2.10. The first-order chi connectivity index (χ1) is 11.5. The second-order valence-electron chi connectivity index (χ2n) is 5.08. The Balaban J connectivity index is 1.89. The number of hydrogen-bond acceptors (Lipinski definition) is 7. The summed E-state index contributed by atoms with van der Waals surface area (Å²) in [6.07, 6.45) is 0. The summed E-state index contributed by atoms with van der Waals surface area (Å²) in [5, 5.41) is 15.8. The second-order valence-corrected chi connectivity index (χ2v) is 5.91. The number of ether oxygens (including phenoxy) is 1. The first kappa shape index (κ1) is 15.9. The summed E-state index contributed by atoms with van der Waals surface area (Å²) in [4.78, 5) is 27.6. The fourth-order valence-electron chi connectivity index (χ4n) is 2.32. The lowest BCUT2D eigenvalue weighted by atomic mass is 10.2. The van der Waals surface area contributed by atoms with Crippen LogP contribution in [0.2, 0.25) is 0 Å². The van der Waals surface area contributed by atoms with E-state index in [1.807, 2.05) is 12.3 Å². The molecule has 2 heterocycles. The Morgan fingerprint density at radius 2 is 2.21 bits per heavy atom. The number of fused-ring (bicyclic) bond motifs is 1. The zero-order valence-corrected chi connectivity index (χ0v) is 13.8. The summed E-state index contributed by atoms with van der Waals surface area (Å²) < 4.78 is 6.74. The SMILES string of the molecule is COc1ccc([N+](=O)[O-])cc1NCc1cc(=O)n2c(C)csc2n1. The topological polar surface area (TPSA) is 98.8 Å². The van der Waals surface area contributed by atoms with Crippen LogP contribution in [0, 0.1) is 17.0 Å². The van der Waals surface area contributed by atoms with E-state index in [2.05, 4.69) is 10.3 Å². The molecule has 0 aliphatic heterocycles. The highest BCUT2D eigenvalue weighted by molar-refractivity contribution is 7.15. The number of benzene rings is 1. The van der Waals surface area contributed by atoms with Crippen molar-refractivity contribution in [1.82, 2.24) is 9.38 Å². The summed E-state index contributed by atoms with van der Waals surface area (Å²) in [5.41, 5.74) is 1.66. The predicted molar refractivity (Wildman–Crippen MR) is 91.1 cm³/mol. The van der Waals surface area contributed by atoms with Crippen LogP contribution < -0.4 is 15.6 Å². The maximum Gasteiger partial charge on any atom is 0.271 e. The van der Waals surface area contributed by atoms with E-state index in [0.717, 1.165) is 5.69 Å². The Kier molecular flexibility index (Phi) is 4.17. The van der Waals surface area contributed by atoms with Crippen LogP contribution in [0.15, 0.2) is 34.4 Å². The molecular formula is C15H14N4O4S. The summed E-state index contributed by atoms with van der Waals surface area (Å²) in [6.45, 7) is 2.10. The van der Waals surface area contributed by atoms with Gasteiger partial charge < -0.3 is 10.1 Å².